The summed E-state index contributed by atoms with van der Waals surface area (Å²) in [5, 5.41) is 2.77. The first kappa shape index (κ1) is 24.4. The zero-order valence-electron chi connectivity index (χ0n) is 18.7. The molecule has 4 rings (SSSR count). The summed E-state index contributed by atoms with van der Waals surface area (Å²) < 4.78 is 24.8. The van der Waals surface area contributed by atoms with E-state index < -0.39 is 5.82 Å². The Bertz CT molecular complexity index is 1280. The van der Waals surface area contributed by atoms with E-state index in [1.165, 1.54) is 29.2 Å². The molecule has 0 aliphatic carbocycles. The van der Waals surface area contributed by atoms with Crippen LogP contribution in [0.1, 0.15) is 12.5 Å². The second kappa shape index (κ2) is 11.2. The Hall–Kier alpha value is -3.69. The maximum atomic E-state index is 13.3. The van der Waals surface area contributed by atoms with Crippen molar-refractivity contribution in [2.45, 2.75) is 6.92 Å². The molecule has 1 aliphatic rings. The van der Waals surface area contributed by atoms with E-state index in [-0.39, 0.29) is 18.4 Å². The highest BCUT2D eigenvalue weighted by Gasteiger charge is 2.33. The summed E-state index contributed by atoms with van der Waals surface area (Å²) in [5.41, 5.74) is 1.74. The van der Waals surface area contributed by atoms with Crippen LogP contribution in [0.5, 0.6) is 11.5 Å². The number of thiocarbonyl (C=S) groups is 1. The van der Waals surface area contributed by atoms with Gasteiger partial charge >= 0.3 is 0 Å². The minimum atomic E-state index is -0.396. The SMILES string of the molecule is CCOc1ccc(NC(=O)COc2ccccc2/C=C2\SC(=S)N(c3ccc(F)cc3)C2=O)cc1. The molecule has 3 aromatic carbocycles. The molecule has 2 amide bonds. The van der Waals surface area contributed by atoms with Crippen molar-refractivity contribution in [3.8, 4) is 11.5 Å². The molecule has 0 aromatic heterocycles. The monoisotopic (exact) mass is 508 g/mol. The van der Waals surface area contributed by atoms with Gasteiger partial charge in [-0.05, 0) is 67.6 Å². The molecule has 6 nitrogen and oxygen atoms in total. The second-order valence-corrected chi connectivity index (χ2v) is 9.00. The predicted octanol–water partition coefficient (Wildman–Crippen LogP) is 5.65. The van der Waals surface area contributed by atoms with Gasteiger partial charge in [0.05, 0.1) is 17.2 Å². The fourth-order valence-electron chi connectivity index (χ4n) is 3.29. The number of rotatable bonds is 8. The number of halogens is 1. The third-order valence-electron chi connectivity index (χ3n) is 4.89. The highest BCUT2D eigenvalue weighted by molar-refractivity contribution is 8.27. The van der Waals surface area contributed by atoms with Gasteiger partial charge in [0.2, 0.25) is 0 Å². The Labute approximate surface area is 211 Å². The summed E-state index contributed by atoms with van der Waals surface area (Å²) in [5.74, 6) is 0.135. The van der Waals surface area contributed by atoms with E-state index >= 15 is 0 Å². The van der Waals surface area contributed by atoms with Crippen LogP contribution < -0.4 is 19.7 Å². The van der Waals surface area contributed by atoms with Crippen LogP contribution in [0, 0.1) is 5.82 Å². The third kappa shape index (κ3) is 6.06. The fraction of sp³-hybridized carbons (Fsp3) is 0.115. The molecule has 1 saturated heterocycles. The maximum absolute atomic E-state index is 13.3. The number of carbonyl (C=O) groups is 2. The zero-order chi connectivity index (χ0) is 24.8. The number of thioether (sulfide) groups is 1. The van der Waals surface area contributed by atoms with Crippen molar-refractivity contribution in [2.24, 2.45) is 0 Å². The Kier molecular flexibility index (Phi) is 7.79. The van der Waals surface area contributed by atoms with Crippen molar-refractivity contribution < 1.29 is 23.5 Å². The van der Waals surface area contributed by atoms with Gasteiger partial charge in [-0.2, -0.15) is 0 Å². The van der Waals surface area contributed by atoms with Gasteiger partial charge in [0.15, 0.2) is 10.9 Å². The number of nitrogens with zero attached hydrogens (tertiary/aromatic N) is 1. The predicted molar refractivity (Wildman–Crippen MR) is 140 cm³/mol. The van der Waals surface area contributed by atoms with Gasteiger partial charge in [-0.3, -0.25) is 14.5 Å². The number of amides is 2. The minimum absolute atomic E-state index is 0.214. The van der Waals surface area contributed by atoms with E-state index in [0.29, 0.717) is 38.5 Å². The molecule has 9 heteroatoms. The average Bonchev–Trinajstić information content (AvgIpc) is 3.13. The molecule has 35 heavy (non-hydrogen) atoms. The van der Waals surface area contributed by atoms with Crippen molar-refractivity contribution in [3.63, 3.8) is 0 Å². The first-order valence-electron chi connectivity index (χ1n) is 10.7. The molecule has 178 valence electrons. The lowest BCUT2D eigenvalue weighted by atomic mass is 10.2. The van der Waals surface area contributed by atoms with Gasteiger partial charge in [0.25, 0.3) is 11.8 Å². The molecular weight excluding hydrogens is 487 g/mol. The topological polar surface area (TPSA) is 67.9 Å². The van der Waals surface area contributed by atoms with Crippen LogP contribution in [0.3, 0.4) is 0 Å². The van der Waals surface area contributed by atoms with Crippen molar-refractivity contribution in [3.05, 3.63) is 89.1 Å². The van der Waals surface area contributed by atoms with Crippen LogP contribution in [0.2, 0.25) is 0 Å². The molecule has 0 atom stereocenters. The highest BCUT2D eigenvalue weighted by Crippen LogP contribution is 2.37. The largest absolute Gasteiger partial charge is 0.494 e. The molecule has 1 fully saturated rings. The molecule has 3 aromatic rings. The van der Waals surface area contributed by atoms with E-state index in [9.17, 15) is 14.0 Å². The Morgan fingerprint density at radius 1 is 1.06 bits per heavy atom. The van der Waals surface area contributed by atoms with Gasteiger partial charge in [0, 0.05) is 11.3 Å². The number of hydrogen-bond donors (Lipinski definition) is 1. The Balaban J connectivity index is 1.43. The van der Waals surface area contributed by atoms with E-state index in [1.54, 1.807) is 54.6 Å². The van der Waals surface area contributed by atoms with Gasteiger partial charge < -0.3 is 14.8 Å². The Morgan fingerprint density at radius 2 is 1.77 bits per heavy atom. The van der Waals surface area contributed by atoms with Crippen molar-refractivity contribution in [1.29, 1.82) is 0 Å². The van der Waals surface area contributed by atoms with Crippen LogP contribution in [0.4, 0.5) is 15.8 Å². The van der Waals surface area contributed by atoms with Crippen LogP contribution in [0.25, 0.3) is 6.08 Å². The number of para-hydroxylation sites is 1. The first-order valence-corrected chi connectivity index (χ1v) is 11.9. The van der Waals surface area contributed by atoms with E-state index in [2.05, 4.69) is 5.32 Å². The quantitative estimate of drug-likeness (QED) is 0.313. The summed E-state index contributed by atoms with van der Waals surface area (Å²) in [7, 11) is 0. The van der Waals surface area contributed by atoms with Crippen molar-refractivity contribution in [1.82, 2.24) is 0 Å². The molecule has 1 heterocycles. The molecular formula is C26H21FN2O4S2. The van der Waals surface area contributed by atoms with E-state index in [0.717, 1.165) is 17.5 Å². The summed E-state index contributed by atoms with van der Waals surface area (Å²) >= 11 is 6.52. The van der Waals surface area contributed by atoms with Crippen LogP contribution in [-0.4, -0.2) is 29.3 Å². The Morgan fingerprint density at radius 3 is 2.49 bits per heavy atom. The number of carbonyl (C=O) groups excluding carboxylic acids is 2. The van der Waals surface area contributed by atoms with Gasteiger partial charge in [0.1, 0.15) is 17.3 Å². The van der Waals surface area contributed by atoms with Crippen LogP contribution in [0.15, 0.2) is 77.7 Å². The summed E-state index contributed by atoms with van der Waals surface area (Å²) in [6.45, 7) is 2.25. The lowest BCUT2D eigenvalue weighted by Crippen LogP contribution is -2.27. The lowest BCUT2D eigenvalue weighted by Gasteiger charge is -2.14. The normalized spacial score (nSPS) is 14.3. The molecule has 0 unspecified atom stereocenters. The minimum Gasteiger partial charge on any atom is -0.494 e. The first-order chi connectivity index (χ1) is 16.9. The van der Waals surface area contributed by atoms with Crippen molar-refractivity contribution in [2.75, 3.05) is 23.4 Å². The number of hydrogen-bond acceptors (Lipinski definition) is 6. The maximum Gasteiger partial charge on any atom is 0.270 e. The molecule has 0 bridgehead atoms. The molecule has 0 radical (unpaired) electrons. The van der Waals surface area contributed by atoms with Crippen LogP contribution >= 0.6 is 24.0 Å². The van der Waals surface area contributed by atoms with E-state index in [4.69, 9.17) is 21.7 Å². The summed E-state index contributed by atoms with van der Waals surface area (Å²) in [6.07, 6.45) is 1.67. The van der Waals surface area contributed by atoms with E-state index in [1.807, 2.05) is 6.92 Å². The molecule has 0 saturated carbocycles. The van der Waals surface area contributed by atoms with Gasteiger partial charge in [-0.1, -0.05) is 42.2 Å². The zero-order valence-corrected chi connectivity index (χ0v) is 20.3. The number of nitrogens with one attached hydrogen (secondary N) is 1. The van der Waals surface area contributed by atoms with Gasteiger partial charge in [-0.15, -0.1) is 0 Å². The molecule has 1 aliphatic heterocycles. The molecule has 1 N–H and O–H groups in total. The average molecular weight is 509 g/mol. The van der Waals surface area contributed by atoms with Crippen molar-refractivity contribution >= 4 is 57.6 Å². The summed E-state index contributed by atoms with van der Waals surface area (Å²) in [6, 6.07) is 19.7. The third-order valence-corrected chi connectivity index (χ3v) is 6.19. The highest BCUT2D eigenvalue weighted by atomic mass is 32.2. The molecule has 0 spiro atoms. The lowest BCUT2D eigenvalue weighted by molar-refractivity contribution is -0.118. The standard InChI is InChI=1S/C26H21FN2O4S2/c1-2-32-21-13-9-19(10-14-21)28-24(30)16-33-22-6-4-3-5-17(22)15-23-25(31)29(26(34)35-23)20-11-7-18(27)8-12-20/h3-15H,2,16H2,1H3,(H,28,30)/b23-15-. The number of benzene rings is 3. The smallest absolute Gasteiger partial charge is 0.270 e. The van der Waals surface area contributed by atoms with Crippen LogP contribution in [-0.2, 0) is 9.59 Å². The number of anilines is 2. The summed E-state index contributed by atoms with van der Waals surface area (Å²) in [4.78, 5) is 27.1. The fourth-order valence-corrected chi connectivity index (χ4v) is 4.58. The second-order valence-electron chi connectivity index (χ2n) is 7.33. The number of ether oxygens (including phenoxy) is 2. The van der Waals surface area contributed by atoms with Gasteiger partial charge in [-0.25, -0.2) is 4.39 Å².